The third kappa shape index (κ3) is 4.39. The van der Waals surface area contributed by atoms with Crippen LogP contribution in [0.4, 0.5) is 0 Å². The van der Waals surface area contributed by atoms with Gasteiger partial charge >= 0.3 is 5.97 Å². The number of benzene rings is 1. The summed E-state index contributed by atoms with van der Waals surface area (Å²) in [5.74, 6) is -0.944. The van der Waals surface area contributed by atoms with Crippen LogP contribution in [0.3, 0.4) is 0 Å². The van der Waals surface area contributed by atoms with Gasteiger partial charge in [0.1, 0.15) is 19.2 Å². The molecule has 1 atom stereocenters. The SMILES string of the molecule is C=CCOC(=O)CNC(=O)C(N)c1ccccc1. The highest BCUT2D eigenvalue weighted by molar-refractivity contribution is 5.86. The number of nitrogens with one attached hydrogen (secondary N) is 1. The zero-order chi connectivity index (χ0) is 13.4. The van der Waals surface area contributed by atoms with Gasteiger partial charge in [-0.15, -0.1) is 0 Å². The molecule has 1 aromatic rings. The fourth-order valence-electron chi connectivity index (χ4n) is 1.28. The van der Waals surface area contributed by atoms with E-state index in [4.69, 9.17) is 10.5 Å². The van der Waals surface area contributed by atoms with Crippen molar-refractivity contribution in [1.82, 2.24) is 5.32 Å². The fraction of sp³-hybridized carbons (Fsp3) is 0.231. The number of ether oxygens (including phenoxy) is 1. The van der Waals surface area contributed by atoms with Crippen molar-refractivity contribution in [2.24, 2.45) is 5.73 Å². The standard InChI is InChI=1S/C13H16N2O3/c1-2-8-18-11(16)9-15-13(17)12(14)10-6-4-3-5-7-10/h2-7,12H,1,8-9,14H2,(H,15,17). The van der Waals surface area contributed by atoms with Crippen LogP contribution in [0, 0.1) is 0 Å². The van der Waals surface area contributed by atoms with Crippen LogP contribution in [-0.4, -0.2) is 25.0 Å². The summed E-state index contributed by atoms with van der Waals surface area (Å²) in [6, 6.07) is 8.13. The van der Waals surface area contributed by atoms with Crippen LogP contribution in [-0.2, 0) is 14.3 Å². The van der Waals surface area contributed by atoms with Gasteiger partial charge in [-0.2, -0.15) is 0 Å². The van der Waals surface area contributed by atoms with E-state index in [0.717, 1.165) is 0 Å². The molecule has 0 radical (unpaired) electrons. The largest absolute Gasteiger partial charge is 0.460 e. The second kappa shape index (κ2) is 7.24. The Morgan fingerprint density at radius 3 is 2.67 bits per heavy atom. The highest BCUT2D eigenvalue weighted by Crippen LogP contribution is 2.08. The summed E-state index contributed by atoms with van der Waals surface area (Å²) in [4.78, 5) is 22.8. The molecule has 1 aromatic carbocycles. The van der Waals surface area contributed by atoms with Gasteiger partial charge in [-0.1, -0.05) is 43.0 Å². The molecule has 0 aliphatic carbocycles. The van der Waals surface area contributed by atoms with Crippen molar-refractivity contribution in [3.05, 3.63) is 48.6 Å². The van der Waals surface area contributed by atoms with Crippen molar-refractivity contribution in [2.45, 2.75) is 6.04 Å². The number of nitrogens with two attached hydrogens (primary N) is 1. The second-order valence-corrected chi connectivity index (χ2v) is 3.58. The fourth-order valence-corrected chi connectivity index (χ4v) is 1.28. The third-order valence-corrected chi connectivity index (χ3v) is 2.21. The topological polar surface area (TPSA) is 81.4 Å². The molecule has 1 rings (SSSR count). The van der Waals surface area contributed by atoms with E-state index >= 15 is 0 Å². The van der Waals surface area contributed by atoms with E-state index in [1.165, 1.54) is 6.08 Å². The number of hydrogen-bond acceptors (Lipinski definition) is 4. The lowest BCUT2D eigenvalue weighted by molar-refractivity contribution is -0.142. The van der Waals surface area contributed by atoms with Crippen LogP contribution < -0.4 is 11.1 Å². The monoisotopic (exact) mass is 248 g/mol. The average molecular weight is 248 g/mol. The number of carbonyl (C=O) groups excluding carboxylic acids is 2. The summed E-state index contributed by atoms with van der Waals surface area (Å²) >= 11 is 0. The highest BCUT2D eigenvalue weighted by atomic mass is 16.5. The molecule has 1 unspecified atom stereocenters. The Labute approximate surface area is 106 Å². The minimum Gasteiger partial charge on any atom is -0.460 e. The third-order valence-electron chi connectivity index (χ3n) is 2.21. The molecule has 5 nitrogen and oxygen atoms in total. The van der Waals surface area contributed by atoms with E-state index in [1.54, 1.807) is 24.3 Å². The summed E-state index contributed by atoms with van der Waals surface area (Å²) in [5, 5.41) is 2.42. The van der Waals surface area contributed by atoms with E-state index in [-0.39, 0.29) is 13.2 Å². The van der Waals surface area contributed by atoms with Gasteiger partial charge < -0.3 is 15.8 Å². The zero-order valence-electron chi connectivity index (χ0n) is 9.96. The minimum atomic E-state index is -0.793. The van der Waals surface area contributed by atoms with Crippen molar-refractivity contribution in [2.75, 3.05) is 13.2 Å². The number of amides is 1. The average Bonchev–Trinajstić information content (AvgIpc) is 2.42. The lowest BCUT2D eigenvalue weighted by Crippen LogP contribution is -2.37. The number of carbonyl (C=O) groups is 2. The zero-order valence-corrected chi connectivity index (χ0v) is 9.96. The predicted molar refractivity (Wildman–Crippen MR) is 67.5 cm³/mol. The van der Waals surface area contributed by atoms with Gasteiger partial charge in [0.15, 0.2) is 0 Å². The first-order valence-corrected chi connectivity index (χ1v) is 5.50. The van der Waals surface area contributed by atoms with E-state index in [1.807, 2.05) is 6.07 Å². The van der Waals surface area contributed by atoms with Crippen molar-refractivity contribution in [3.8, 4) is 0 Å². The van der Waals surface area contributed by atoms with Crippen LogP contribution in [0.15, 0.2) is 43.0 Å². The number of rotatable bonds is 6. The Kier molecular flexibility index (Phi) is 5.60. The summed E-state index contributed by atoms with van der Waals surface area (Å²) in [6.45, 7) is 3.33. The number of esters is 1. The lowest BCUT2D eigenvalue weighted by atomic mass is 10.1. The Balaban J connectivity index is 2.41. The van der Waals surface area contributed by atoms with Gasteiger partial charge in [0.2, 0.25) is 5.91 Å². The molecule has 0 heterocycles. The molecular weight excluding hydrogens is 232 g/mol. The lowest BCUT2D eigenvalue weighted by Gasteiger charge is -2.11. The maximum atomic E-state index is 11.7. The van der Waals surface area contributed by atoms with Gasteiger partial charge in [-0.3, -0.25) is 9.59 Å². The van der Waals surface area contributed by atoms with Crippen molar-refractivity contribution in [3.63, 3.8) is 0 Å². The Hall–Kier alpha value is -2.14. The summed E-state index contributed by atoms with van der Waals surface area (Å²) in [5.41, 5.74) is 6.43. The smallest absolute Gasteiger partial charge is 0.325 e. The first-order chi connectivity index (χ1) is 8.65. The van der Waals surface area contributed by atoms with Gasteiger partial charge in [-0.25, -0.2) is 0 Å². The number of hydrogen-bond donors (Lipinski definition) is 2. The van der Waals surface area contributed by atoms with Crippen molar-refractivity contribution >= 4 is 11.9 Å². The van der Waals surface area contributed by atoms with Crippen molar-refractivity contribution in [1.29, 1.82) is 0 Å². The molecule has 0 fully saturated rings. The normalized spacial score (nSPS) is 11.4. The molecule has 0 aromatic heterocycles. The van der Waals surface area contributed by atoms with Crippen molar-refractivity contribution < 1.29 is 14.3 Å². The molecule has 0 aliphatic heterocycles. The van der Waals surface area contributed by atoms with Crippen LogP contribution in [0.25, 0.3) is 0 Å². The Bertz CT molecular complexity index is 418. The molecule has 18 heavy (non-hydrogen) atoms. The molecule has 0 aliphatic rings. The molecule has 0 spiro atoms. The van der Waals surface area contributed by atoms with Crippen LogP contribution in [0.1, 0.15) is 11.6 Å². The molecule has 3 N–H and O–H groups in total. The van der Waals surface area contributed by atoms with E-state index < -0.39 is 17.9 Å². The molecule has 1 amide bonds. The van der Waals surface area contributed by atoms with Gasteiger partial charge in [0, 0.05) is 0 Å². The highest BCUT2D eigenvalue weighted by Gasteiger charge is 2.16. The van der Waals surface area contributed by atoms with E-state index in [9.17, 15) is 9.59 Å². The molecule has 96 valence electrons. The maximum Gasteiger partial charge on any atom is 0.325 e. The van der Waals surface area contributed by atoms with Crippen LogP contribution in [0.2, 0.25) is 0 Å². The Morgan fingerprint density at radius 1 is 1.39 bits per heavy atom. The quantitative estimate of drug-likeness (QED) is 0.568. The molecule has 0 bridgehead atoms. The minimum absolute atomic E-state index is 0.124. The first kappa shape index (κ1) is 13.9. The van der Waals surface area contributed by atoms with Gasteiger partial charge in [0.05, 0.1) is 0 Å². The molecule has 0 saturated heterocycles. The summed E-state index contributed by atoms with van der Waals surface area (Å²) < 4.78 is 4.71. The predicted octanol–water partition coefficient (Wildman–Crippen LogP) is 0.532. The summed E-state index contributed by atoms with van der Waals surface area (Å²) in [6.07, 6.45) is 1.45. The van der Waals surface area contributed by atoms with Gasteiger partial charge in [-0.05, 0) is 5.56 Å². The molecular formula is C13H16N2O3. The van der Waals surface area contributed by atoms with E-state index in [2.05, 4.69) is 11.9 Å². The summed E-state index contributed by atoms with van der Waals surface area (Å²) in [7, 11) is 0. The molecule has 0 saturated carbocycles. The Morgan fingerprint density at radius 2 is 2.06 bits per heavy atom. The maximum absolute atomic E-state index is 11.7. The van der Waals surface area contributed by atoms with E-state index in [0.29, 0.717) is 5.56 Å². The first-order valence-electron chi connectivity index (χ1n) is 5.50. The second-order valence-electron chi connectivity index (χ2n) is 3.58. The van der Waals surface area contributed by atoms with Gasteiger partial charge in [0.25, 0.3) is 0 Å². The molecule has 5 heteroatoms. The van der Waals surface area contributed by atoms with Crippen LogP contribution >= 0.6 is 0 Å². The van der Waals surface area contributed by atoms with Crippen LogP contribution in [0.5, 0.6) is 0 Å².